The van der Waals surface area contributed by atoms with Gasteiger partial charge in [0.1, 0.15) is 11.9 Å². The number of aryl methyl sites for hydroxylation is 3. The van der Waals surface area contributed by atoms with Crippen LogP contribution in [0.4, 0.5) is 0 Å². The van der Waals surface area contributed by atoms with Gasteiger partial charge < -0.3 is 9.84 Å². The molecule has 2 rings (SSSR count). The van der Waals surface area contributed by atoms with Crippen molar-refractivity contribution < 1.29 is 9.84 Å². The topological polar surface area (TPSA) is 29.5 Å². The Hall–Kier alpha value is -1.80. The average Bonchev–Trinajstić information content (AvgIpc) is 2.41. The molecule has 0 aliphatic rings. The Kier molecular flexibility index (Phi) is 3.91. The van der Waals surface area contributed by atoms with Gasteiger partial charge in [-0.3, -0.25) is 0 Å². The smallest absolute Gasteiger partial charge is 0.125 e. The second-order valence-electron chi connectivity index (χ2n) is 4.99. The third kappa shape index (κ3) is 2.79. The third-order valence-electron chi connectivity index (χ3n) is 3.53. The number of hydrogen-bond acceptors (Lipinski definition) is 2. The van der Waals surface area contributed by atoms with Crippen molar-refractivity contribution in [2.24, 2.45) is 0 Å². The molecule has 0 radical (unpaired) electrons. The highest BCUT2D eigenvalue weighted by atomic mass is 16.5. The highest BCUT2D eigenvalue weighted by Crippen LogP contribution is 2.31. The lowest BCUT2D eigenvalue weighted by molar-refractivity contribution is 0.214. The number of methoxy groups -OCH3 is 1. The molecule has 2 nitrogen and oxygen atoms in total. The standard InChI is InChI=1S/C17H20O2/c1-11-5-8-15(16(9-11)19-4)17(18)14-7-6-12(2)13(3)10-14/h5-10,17-18H,1-4H3. The van der Waals surface area contributed by atoms with Crippen LogP contribution >= 0.6 is 0 Å². The Balaban J connectivity index is 2.43. The van der Waals surface area contributed by atoms with Crippen LogP contribution in [0.5, 0.6) is 5.75 Å². The van der Waals surface area contributed by atoms with Gasteiger partial charge in [0.2, 0.25) is 0 Å². The molecule has 0 fully saturated rings. The van der Waals surface area contributed by atoms with Gasteiger partial charge in [-0.1, -0.05) is 30.3 Å². The largest absolute Gasteiger partial charge is 0.496 e. The van der Waals surface area contributed by atoms with Crippen LogP contribution in [-0.4, -0.2) is 12.2 Å². The number of aliphatic hydroxyl groups excluding tert-OH is 1. The van der Waals surface area contributed by atoms with Gasteiger partial charge in [0.15, 0.2) is 0 Å². The monoisotopic (exact) mass is 256 g/mol. The molecule has 0 aromatic heterocycles. The summed E-state index contributed by atoms with van der Waals surface area (Å²) in [6.07, 6.45) is -0.658. The molecular formula is C17H20O2. The average molecular weight is 256 g/mol. The first-order valence-corrected chi connectivity index (χ1v) is 6.42. The van der Waals surface area contributed by atoms with E-state index < -0.39 is 6.10 Å². The van der Waals surface area contributed by atoms with E-state index in [-0.39, 0.29) is 0 Å². The summed E-state index contributed by atoms with van der Waals surface area (Å²) in [6.45, 7) is 6.13. The first-order chi connectivity index (χ1) is 9.02. The van der Waals surface area contributed by atoms with Crippen LogP contribution < -0.4 is 4.74 Å². The normalized spacial score (nSPS) is 12.3. The molecule has 0 saturated heterocycles. The lowest BCUT2D eigenvalue weighted by Crippen LogP contribution is -2.03. The molecule has 0 aliphatic carbocycles. The fraction of sp³-hybridized carbons (Fsp3) is 0.294. The van der Waals surface area contributed by atoms with E-state index in [1.54, 1.807) is 7.11 Å². The highest BCUT2D eigenvalue weighted by Gasteiger charge is 2.15. The summed E-state index contributed by atoms with van der Waals surface area (Å²) < 4.78 is 5.36. The van der Waals surface area contributed by atoms with Crippen molar-refractivity contribution in [2.45, 2.75) is 26.9 Å². The van der Waals surface area contributed by atoms with E-state index in [0.717, 1.165) is 22.4 Å². The van der Waals surface area contributed by atoms with Crippen LogP contribution in [0.25, 0.3) is 0 Å². The van der Waals surface area contributed by atoms with E-state index in [2.05, 4.69) is 13.8 Å². The minimum Gasteiger partial charge on any atom is -0.496 e. The summed E-state index contributed by atoms with van der Waals surface area (Å²) in [6, 6.07) is 11.9. The molecule has 2 aromatic carbocycles. The minimum absolute atomic E-state index is 0.658. The van der Waals surface area contributed by atoms with Crippen LogP contribution in [-0.2, 0) is 0 Å². The molecule has 1 unspecified atom stereocenters. The molecule has 0 amide bonds. The lowest BCUT2D eigenvalue weighted by Gasteiger charge is -2.16. The molecule has 0 bridgehead atoms. The molecule has 19 heavy (non-hydrogen) atoms. The van der Waals surface area contributed by atoms with Gasteiger partial charge in [0.25, 0.3) is 0 Å². The zero-order valence-electron chi connectivity index (χ0n) is 11.9. The van der Waals surface area contributed by atoms with E-state index in [4.69, 9.17) is 4.74 Å². The van der Waals surface area contributed by atoms with Crippen LogP contribution in [0.3, 0.4) is 0 Å². The second kappa shape index (κ2) is 5.45. The highest BCUT2D eigenvalue weighted by molar-refractivity contribution is 5.44. The second-order valence-corrected chi connectivity index (χ2v) is 4.99. The molecule has 2 aromatic rings. The summed E-state index contributed by atoms with van der Waals surface area (Å²) in [5.74, 6) is 0.728. The maximum absolute atomic E-state index is 10.5. The van der Waals surface area contributed by atoms with Crippen molar-refractivity contribution in [3.05, 3.63) is 64.2 Å². The number of aliphatic hydroxyl groups is 1. The number of rotatable bonds is 3. The maximum Gasteiger partial charge on any atom is 0.125 e. The van der Waals surface area contributed by atoms with Crippen LogP contribution in [0.1, 0.15) is 33.9 Å². The molecule has 0 spiro atoms. The quantitative estimate of drug-likeness (QED) is 0.907. The van der Waals surface area contributed by atoms with Gasteiger partial charge in [-0.05, 0) is 49.1 Å². The van der Waals surface area contributed by atoms with Crippen LogP contribution in [0.2, 0.25) is 0 Å². The minimum atomic E-state index is -0.658. The first-order valence-electron chi connectivity index (χ1n) is 6.42. The Morgan fingerprint density at radius 1 is 0.947 bits per heavy atom. The van der Waals surface area contributed by atoms with E-state index in [9.17, 15) is 5.11 Å². The summed E-state index contributed by atoms with van der Waals surface area (Å²) in [4.78, 5) is 0. The first kappa shape index (κ1) is 13.6. The summed E-state index contributed by atoms with van der Waals surface area (Å²) in [5.41, 5.74) is 5.23. The van der Waals surface area contributed by atoms with Crippen molar-refractivity contribution in [1.82, 2.24) is 0 Å². The summed E-state index contributed by atoms with van der Waals surface area (Å²) >= 11 is 0. The predicted octanol–water partition coefficient (Wildman–Crippen LogP) is 3.70. The van der Waals surface area contributed by atoms with E-state index in [1.165, 1.54) is 11.1 Å². The van der Waals surface area contributed by atoms with Crippen molar-refractivity contribution in [2.75, 3.05) is 7.11 Å². The number of benzene rings is 2. The molecule has 0 saturated carbocycles. The van der Waals surface area contributed by atoms with Crippen molar-refractivity contribution in [3.63, 3.8) is 0 Å². The molecule has 2 heteroatoms. The van der Waals surface area contributed by atoms with Crippen LogP contribution in [0.15, 0.2) is 36.4 Å². The third-order valence-corrected chi connectivity index (χ3v) is 3.53. The Morgan fingerprint density at radius 3 is 2.32 bits per heavy atom. The van der Waals surface area contributed by atoms with Crippen LogP contribution in [0, 0.1) is 20.8 Å². The molecule has 1 N–H and O–H groups in total. The molecule has 0 heterocycles. The fourth-order valence-corrected chi connectivity index (χ4v) is 2.16. The maximum atomic E-state index is 10.5. The molecule has 100 valence electrons. The van der Waals surface area contributed by atoms with Crippen molar-refractivity contribution >= 4 is 0 Å². The molecule has 0 aliphatic heterocycles. The molecular weight excluding hydrogens is 236 g/mol. The zero-order chi connectivity index (χ0) is 14.0. The zero-order valence-corrected chi connectivity index (χ0v) is 11.9. The summed E-state index contributed by atoms with van der Waals surface area (Å²) in [5, 5.41) is 10.5. The van der Waals surface area contributed by atoms with Gasteiger partial charge in [0, 0.05) is 5.56 Å². The number of ether oxygens (including phenoxy) is 1. The van der Waals surface area contributed by atoms with Gasteiger partial charge in [-0.2, -0.15) is 0 Å². The molecule has 1 atom stereocenters. The van der Waals surface area contributed by atoms with E-state index >= 15 is 0 Å². The SMILES string of the molecule is COc1cc(C)ccc1C(O)c1ccc(C)c(C)c1. The fourth-order valence-electron chi connectivity index (χ4n) is 2.16. The van der Waals surface area contributed by atoms with Crippen molar-refractivity contribution in [1.29, 1.82) is 0 Å². The van der Waals surface area contributed by atoms with E-state index in [1.807, 2.05) is 43.3 Å². The van der Waals surface area contributed by atoms with Crippen molar-refractivity contribution in [3.8, 4) is 5.75 Å². The lowest BCUT2D eigenvalue weighted by atomic mass is 9.96. The van der Waals surface area contributed by atoms with Gasteiger partial charge >= 0.3 is 0 Å². The van der Waals surface area contributed by atoms with Gasteiger partial charge in [-0.25, -0.2) is 0 Å². The summed E-state index contributed by atoms with van der Waals surface area (Å²) in [7, 11) is 1.63. The van der Waals surface area contributed by atoms with Gasteiger partial charge in [0.05, 0.1) is 7.11 Å². The number of hydrogen-bond donors (Lipinski definition) is 1. The van der Waals surface area contributed by atoms with Gasteiger partial charge in [-0.15, -0.1) is 0 Å². The Morgan fingerprint density at radius 2 is 1.68 bits per heavy atom. The van der Waals surface area contributed by atoms with E-state index in [0.29, 0.717) is 0 Å². The Labute approximate surface area is 114 Å². The Bertz CT molecular complexity index is 588. The predicted molar refractivity (Wildman–Crippen MR) is 77.7 cm³/mol.